The Balaban J connectivity index is 2.14. The molecular formula is C13H17ClN2O. The van der Waals surface area contributed by atoms with Crippen LogP contribution in [0.1, 0.15) is 25.7 Å². The average molecular weight is 253 g/mol. The van der Waals surface area contributed by atoms with Crippen molar-refractivity contribution in [2.45, 2.75) is 25.7 Å². The molecule has 2 rings (SSSR count). The maximum Gasteiger partial charge on any atom is 0.231 e. The van der Waals surface area contributed by atoms with Gasteiger partial charge in [0.2, 0.25) is 5.91 Å². The maximum absolute atomic E-state index is 12.3. The summed E-state index contributed by atoms with van der Waals surface area (Å²) in [5.41, 5.74) is 6.04. The SMILES string of the molecule is NCC1(C(=O)Nc2ccccc2Cl)CCCC1. The molecule has 1 saturated carbocycles. The minimum Gasteiger partial charge on any atom is -0.329 e. The first-order chi connectivity index (χ1) is 8.18. The Morgan fingerprint density at radius 1 is 1.35 bits per heavy atom. The highest BCUT2D eigenvalue weighted by atomic mass is 35.5. The first-order valence-corrected chi connectivity index (χ1v) is 6.32. The van der Waals surface area contributed by atoms with Crippen LogP contribution in [0.5, 0.6) is 0 Å². The fraction of sp³-hybridized carbons (Fsp3) is 0.462. The summed E-state index contributed by atoms with van der Waals surface area (Å²) in [5.74, 6) is 0.00519. The van der Waals surface area contributed by atoms with E-state index in [2.05, 4.69) is 5.32 Å². The largest absolute Gasteiger partial charge is 0.329 e. The summed E-state index contributed by atoms with van der Waals surface area (Å²) < 4.78 is 0. The lowest BCUT2D eigenvalue weighted by Gasteiger charge is -2.25. The van der Waals surface area contributed by atoms with Gasteiger partial charge >= 0.3 is 0 Å². The van der Waals surface area contributed by atoms with E-state index in [1.54, 1.807) is 12.1 Å². The number of nitrogens with two attached hydrogens (primary N) is 1. The Morgan fingerprint density at radius 2 is 2.00 bits per heavy atom. The van der Waals surface area contributed by atoms with E-state index < -0.39 is 0 Å². The van der Waals surface area contributed by atoms with E-state index in [-0.39, 0.29) is 11.3 Å². The molecular weight excluding hydrogens is 236 g/mol. The molecule has 0 saturated heterocycles. The topological polar surface area (TPSA) is 55.1 Å². The van der Waals surface area contributed by atoms with Gasteiger partial charge in [-0.1, -0.05) is 36.6 Å². The van der Waals surface area contributed by atoms with Crippen molar-refractivity contribution < 1.29 is 4.79 Å². The molecule has 1 aromatic carbocycles. The molecule has 92 valence electrons. The monoisotopic (exact) mass is 252 g/mol. The van der Waals surface area contributed by atoms with Gasteiger partial charge in [0.05, 0.1) is 16.1 Å². The van der Waals surface area contributed by atoms with E-state index in [1.807, 2.05) is 12.1 Å². The molecule has 1 aliphatic carbocycles. The molecule has 0 aliphatic heterocycles. The maximum atomic E-state index is 12.3. The number of carbonyl (C=O) groups is 1. The minimum absolute atomic E-state index is 0.00519. The third kappa shape index (κ3) is 2.45. The summed E-state index contributed by atoms with van der Waals surface area (Å²) in [6, 6.07) is 7.26. The quantitative estimate of drug-likeness (QED) is 0.869. The third-order valence-electron chi connectivity index (χ3n) is 3.56. The van der Waals surface area contributed by atoms with Crippen LogP contribution in [0, 0.1) is 5.41 Å². The number of nitrogens with one attached hydrogen (secondary N) is 1. The predicted molar refractivity (Wildman–Crippen MR) is 70.0 cm³/mol. The van der Waals surface area contributed by atoms with E-state index in [0.29, 0.717) is 17.3 Å². The van der Waals surface area contributed by atoms with Crippen molar-refractivity contribution in [3.8, 4) is 0 Å². The van der Waals surface area contributed by atoms with E-state index in [9.17, 15) is 4.79 Å². The number of halogens is 1. The van der Waals surface area contributed by atoms with Gasteiger partial charge in [0.15, 0.2) is 0 Å². The van der Waals surface area contributed by atoms with E-state index in [1.165, 1.54) is 0 Å². The van der Waals surface area contributed by atoms with Gasteiger partial charge in [-0.05, 0) is 25.0 Å². The highest BCUT2D eigenvalue weighted by Crippen LogP contribution is 2.38. The number of rotatable bonds is 3. The number of para-hydroxylation sites is 1. The van der Waals surface area contributed by atoms with Gasteiger partial charge < -0.3 is 11.1 Å². The smallest absolute Gasteiger partial charge is 0.231 e. The fourth-order valence-electron chi connectivity index (χ4n) is 2.39. The van der Waals surface area contributed by atoms with Crippen LogP contribution in [-0.4, -0.2) is 12.5 Å². The number of carbonyl (C=O) groups excluding carboxylic acids is 1. The van der Waals surface area contributed by atoms with E-state index in [4.69, 9.17) is 17.3 Å². The zero-order chi connectivity index (χ0) is 12.3. The Labute approximate surface area is 106 Å². The van der Waals surface area contributed by atoms with Crippen LogP contribution in [0.25, 0.3) is 0 Å². The van der Waals surface area contributed by atoms with Crippen molar-refractivity contribution in [2.24, 2.45) is 11.1 Å². The Hall–Kier alpha value is -1.06. The molecule has 17 heavy (non-hydrogen) atoms. The van der Waals surface area contributed by atoms with Crippen molar-refractivity contribution in [1.82, 2.24) is 0 Å². The van der Waals surface area contributed by atoms with Gasteiger partial charge in [-0.15, -0.1) is 0 Å². The highest BCUT2D eigenvalue weighted by molar-refractivity contribution is 6.33. The van der Waals surface area contributed by atoms with Crippen molar-refractivity contribution in [3.05, 3.63) is 29.3 Å². The minimum atomic E-state index is -0.390. The Kier molecular flexibility index (Phi) is 3.69. The first-order valence-electron chi connectivity index (χ1n) is 5.94. The number of amides is 1. The highest BCUT2D eigenvalue weighted by Gasteiger charge is 2.39. The van der Waals surface area contributed by atoms with Crippen LogP contribution in [0.4, 0.5) is 5.69 Å². The fourth-order valence-corrected chi connectivity index (χ4v) is 2.58. The molecule has 1 fully saturated rings. The van der Waals surface area contributed by atoms with Crippen molar-refractivity contribution in [1.29, 1.82) is 0 Å². The number of hydrogen-bond donors (Lipinski definition) is 2. The second-order valence-corrected chi connectivity index (χ2v) is 5.03. The van der Waals surface area contributed by atoms with Gasteiger partial charge in [-0.25, -0.2) is 0 Å². The summed E-state index contributed by atoms with van der Waals surface area (Å²) in [7, 11) is 0. The second kappa shape index (κ2) is 5.07. The second-order valence-electron chi connectivity index (χ2n) is 4.63. The standard InChI is InChI=1S/C13H17ClN2O/c14-10-5-1-2-6-11(10)16-12(17)13(9-15)7-3-4-8-13/h1-2,5-6H,3-4,7-9,15H2,(H,16,17). The van der Waals surface area contributed by atoms with Gasteiger partial charge in [-0.2, -0.15) is 0 Å². The number of hydrogen-bond acceptors (Lipinski definition) is 2. The summed E-state index contributed by atoms with van der Waals surface area (Å²) in [6.07, 6.45) is 3.90. The van der Waals surface area contributed by atoms with Crippen molar-refractivity contribution in [2.75, 3.05) is 11.9 Å². The lowest BCUT2D eigenvalue weighted by atomic mass is 9.85. The molecule has 1 aliphatic rings. The van der Waals surface area contributed by atoms with Crippen LogP contribution in [-0.2, 0) is 4.79 Å². The lowest BCUT2D eigenvalue weighted by Crippen LogP contribution is -2.40. The molecule has 1 aromatic rings. The van der Waals surface area contributed by atoms with E-state index in [0.717, 1.165) is 25.7 Å². The van der Waals surface area contributed by atoms with Gasteiger partial charge in [0.25, 0.3) is 0 Å². The summed E-state index contributed by atoms with van der Waals surface area (Å²) in [6.45, 7) is 0.406. The van der Waals surface area contributed by atoms with Crippen LogP contribution >= 0.6 is 11.6 Å². The molecule has 0 atom stereocenters. The number of benzene rings is 1. The van der Waals surface area contributed by atoms with E-state index >= 15 is 0 Å². The van der Waals surface area contributed by atoms with Gasteiger partial charge in [0, 0.05) is 6.54 Å². The Morgan fingerprint density at radius 3 is 2.59 bits per heavy atom. The molecule has 0 spiro atoms. The molecule has 0 unspecified atom stereocenters. The van der Waals surface area contributed by atoms with Crippen LogP contribution in [0.2, 0.25) is 5.02 Å². The Bertz CT molecular complexity index is 414. The lowest BCUT2D eigenvalue weighted by molar-refractivity contribution is -0.124. The summed E-state index contributed by atoms with van der Waals surface area (Å²) in [5, 5.41) is 3.45. The average Bonchev–Trinajstić information content (AvgIpc) is 2.82. The molecule has 1 amide bonds. The third-order valence-corrected chi connectivity index (χ3v) is 3.88. The molecule has 4 heteroatoms. The molecule has 3 N–H and O–H groups in total. The predicted octanol–water partition coefficient (Wildman–Crippen LogP) is 2.80. The van der Waals surface area contributed by atoms with Crippen LogP contribution in [0.3, 0.4) is 0 Å². The van der Waals surface area contributed by atoms with Crippen LogP contribution < -0.4 is 11.1 Å². The van der Waals surface area contributed by atoms with Gasteiger partial charge in [0.1, 0.15) is 0 Å². The summed E-state index contributed by atoms with van der Waals surface area (Å²) >= 11 is 6.02. The number of anilines is 1. The molecule has 0 radical (unpaired) electrons. The zero-order valence-electron chi connectivity index (χ0n) is 9.71. The van der Waals surface area contributed by atoms with Gasteiger partial charge in [-0.3, -0.25) is 4.79 Å². The zero-order valence-corrected chi connectivity index (χ0v) is 10.5. The summed E-state index contributed by atoms with van der Waals surface area (Å²) in [4.78, 5) is 12.3. The molecule has 0 heterocycles. The van der Waals surface area contributed by atoms with Crippen molar-refractivity contribution >= 4 is 23.2 Å². The molecule has 3 nitrogen and oxygen atoms in total. The molecule has 0 bridgehead atoms. The normalized spacial score (nSPS) is 18.0. The molecule has 0 aromatic heterocycles. The van der Waals surface area contributed by atoms with Crippen LogP contribution in [0.15, 0.2) is 24.3 Å². The first kappa shape index (κ1) is 12.4. The van der Waals surface area contributed by atoms with Crippen molar-refractivity contribution in [3.63, 3.8) is 0 Å².